The summed E-state index contributed by atoms with van der Waals surface area (Å²) in [4.78, 5) is 0. The Morgan fingerprint density at radius 1 is 1.41 bits per heavy atom. The number of halogens is 1. The van der Waals surface area contributed by atoms with Crippen LogP contribution in [0.25, 0.3) is 0 Å². The minimum atomic E-state index is -0.460. The summed E-state index contributed by atoms with van der Waals surface area (Å²) in [6.45, 7) is 5.91. The van der Waals surface area contributed by atoms with Crippen LogP contribution >= 0.6 is 15.9 Å². The van der Waals surface area contributed by atoms with Crippen molar-refractivity contribution in [1.29, 1.82) is 0 Å². The van der Waals surface area contributed by atoms with E-state index in [-0.39, 0.29) is 5.84 Å². The third kappa shape index (κ3) is 3.63. The third-order valence-corrected chi connectivity index (χ3v) is 2.92. The maximum absolute atomic E-state index is 8.58. The van der Waals surface area contributed by atoms with Crippen molar-refractivity contribution < 1.29 is 9.94 Å². The van der Waals surface area contributed by atoms with Crippen molar-refractivity contribution in [2.75, 3.05) is 0 Å². The summed E-state index contributed by atoms with van der Waals surface area (Å²) in [7, 11) is 0. The summed E-state index contributed by atoms with van der Waals surface area (Å²) >= 11 is 3.43. The van der Waals surface area contributed by atoms with Crippen molar-refractivity contribution in [3.05, 3.63) is 28.2 Å². The SMILES string of the molecule is CC(Oc1ccc(Br)cc1C(C)C)/C(N)=N/O. The Morgan fingerprint density at radius 3 is 2.59 bits per heavy atom. The number of nitrogens with zero attached hydrogens (tertiary/aromatic N) is 1. The van der Waals surface area contributed by atoms with Crippen LogP contribution in [-0.2, 0) is 0 Å². The first-order chi connectivity index (χ1) is 7.95. The molecule has 0 saturated carbocycles. The van der Waals surface area contributed by atoms with E-state index >= 15 is 0 Å². The number of nitrogens with two attached hydrogens (primary N) is 1. The van der Waals surface area contributed by atoms with Gasteiger partial charge in [-0.2, -0.15) is 0 Å². The molecule has 1 aromatic rings. The zero-order valence-electron chi connectivity index (χ0n) is 10.1. The van der Waals surface area contributed by atoms with E-state index in [0.717, 1.165) is 15.8 Å². The van der Waals surface area contributed by atoms with Crippen LogP contribution in [-0.4, -0.2) is 17.1 Å². The van der Waals surface area contributed by atoms with E-state index in [1.807, 2.05) is 18.2 Å². The summed E-state index contributed by atoms with van der Waals surface area (Å²) in [6, 6.07) is 5.79. The van der Waals surface area contributed by atoms with Crippen LogP contribution in [0.3, 0.4) is 0 Å². The van der Waals surface area contributed by atoms with E-state index in [9.17, 15) is 0 Å². The number of amidine groups is 1. The number of hydrogen-bond donors (Lipinski definition) is 2. The molecule has 0 heterocycles. The van der Waals surface area contributed by atoms with Gasteiger partial charge in [0.2, 0.25) is 0 Å². The molecule has 94 valence electrons. The van der Waals surface area contributed by atoms with Crippen LogP contribution in [0.5, 0.6) is 5.75 Å². The van der Waals surface area contributed by atoms with Crippen LogP contribution in [0.4, 0.5) is 0 Å². The molecule has 1 atom stereocenters. The van der Waals surface area contributed by atoms with E-state index in [0.29, 0.717) is 5.92 Å². The molecule has 1 rings (SSSR count). The summed E-state index contributed by atoms with van der Waals surface area (Å²) < 4.78 is 6.68. The highest BCUT2D eigenvalue weighted by Crippen LogP contribution is 2.30. The molecule has 5 heteroatoms. The normalized spacial score (nSPS) is 13.8. The maximum atomic E-state index is 8.58. The number of oxime groups is 1. The van der Waals surface area contributed by atoms with Crippen LogP contribution in [0.15, 0.2) is 27.8 Å². The van der Waals surface area contributed by atoms with Crippen molar-refractivity contribution >= 4 is 21.8 Å². The average molecular weight is 301 g/mol. The molecule has 1 unspecified atom stereocenters. The molecule has 17 heavy (non-hydrogen) atoms. The summed E-state index contributed by atoms with van der Waals surface area (Å²) in [6.07, 6.45) is -0.460. The van der Waals surface area contributed by atoms with Gasteiger partial charge in [0.05, 0.1) is 0 Å². The van der Waals surface area contributed by atoms with Gasteiger partial charge in [-0.3, -0.25) is 0 Å². The van der Waals surface area contributed by atoms with Gasteiger partial charge in [-0.15, -0.1) is 0 Å². The Kier molecular flexibility index (Phi) is 4.81. The summed E-state index contributed by atoms with van der Waals surface area (Å²) in [5, 5.41) is 11.5. The number of hydrogen-bond acceptors (Lipinski definition) is 3. The minimum absolute atomic E-state index is 0.0580. The van der Waals surface area contributed by atoms with E-state index in [1.54, 1.807) is 6.92 Å². The lowest BCUT2D eigenvalue weighted by atomic mass is 10.0. The molecule has 0 spiro atoms. The van der Waals surface area contributed by atoms with Gasteiger partial charge >= 0.3 is 0 Å². The first-order valence-electron chi connectivity index (χ1n) is 5.39. The fraction of sp³-hybridized carbons (Fsp3) is 0.417. The van der Waals surface area contributed by atoms with Crippen molar-refractivity contribution in [3.8, 4) is 5.75 Å². The van der Waals surface area contributed by atoms with Gasteiger partial charge in [0.25, 0.3) is 0 Å². The second-order valence-corrected chi connectivity index (χ2v) is 5.04. The van der Waals surface area contributed by atoms with Gasteiger partial charge in [-0.25, -0.2) is 0 Å². The first-order valence-corrected chi connectivity index (χ1v) is 6.18. The fourth-order valence-electron chi connectivity index (χ4n) is 1.41. The molecule has 0 amide bonds. The zero-order valence-corrected chi connectivity index (χ0v) is 11.7. The second-order valence-electron chi connectivity index (χ2n) is 4.12. The smallest absolute Gasteiger partial charge is 0.180 e. The fourth-order valence-corrected chi connectivity index (χ4v) is 1.79. The molecule has 4 nitrogen and oxygen atoms in total. The van der Waals surface area contributed by atoms with Crippen LogP contribution in [0.2, 0.25) is 0 Å². The van der Waals surface area contributed by atoms with Crippen molar-refractivity contribution in [3.63, 3.8) is 0 Å². The highest BCUT2D eigenvalue weighted by Gasteiger charge is 2.14. The topological polar surface area (TPSA) is 67.8 Å². The van der Waals surface area contributed by atoms with Crippen LogP contribution < -0.4 is 10.5 Å². The molecule has 0 aliphatic heterocycles. The standard InChI is InChI=1S/C12H17BrN2O2/c1-7(2)10-6-9(13)4-5-11(10)17-8(3)12(14)15-16/h4-8,16H,1-3H3,(H2,14,15). The van der Waals surface area contributed by atoms with E-state index in [1.165, 1.54) is 0 Å². The molecule has 0 aliphatic rings. The van der Waals surface area contributed by atoms with Crippen molar-refractivity contribution in [1.82, 2.24) is 0 Å². The monoisotopic (exact) mass is 300 g/mol. The number of ether oxygens (including phenoxy) is 1. The molecular weight excluding hydrogens is 284 g/mol. The maximum Gasteiger partial charge on any atom is 0.180 e. The second kappa shape index (κ2) is 5.91. The number of rotatable bonds is 4. The highest BCUT2D eigenvalue weighted by molar-refractivity contribution is 9.10. The van der Waals surface area contributed by atoms with Gasteiger partial charge < -0.3 is 15.7 Å². The van der Waals surface area contributed by atoms with Crippen molar-refractivity contribution in [2.45, 2.75) is 32.8 Å². The molecule has 0 aliphatic carbocycles. The third-order valence-electron chi connectivity index (χ3n) is 2.43. The lowest BCUT2D eigenvalue weighted by molar-refractivity contribution is 0.263. The Balaban J connectivity index is 2.98. The van der Waals surface area contributed by atoms with Gasteiger partial charge in [0.1, 0.15) is 5.75 Å². The summed E-state index contributed by atoms with van der Waals surface area (Å²) in [5.41, 5.74) is 6.57. The average Bonchev–Trinajstić information content (AvgIpc) is 2.29. The predicted octanol–water partition coefficient (Wildman–Crippen LogP) is 3.09. The van der Waals surface area contributed by atoms with Gasteiger partial charge in [0, 0.05) is 4.47 Å². The van der Waals surface area contributed by atoms with Gasteiger partial charge in [-0.05, 0) is 36.6 Å². The predicted molar refractivity (Wildman–Crippen MR) is 71.7 cm³/mol. The largest absolute Gasteiger partial charge is 0.482 e. The summed E-state index contributed by atoms with van der Waals surface area (Å²) in [5.74, 6) is 1.15. The zero-order chi connectivity index (χ0) is 13.0. The van der Waals surface area contributed by atoms with Crippen LogP contribution in [0, 0.1) is 0 Å². The Bertz CT molecular complexity index is 419. The molecule has 0 saturated heterocycles. The quantitative estimate of drug-likeness (QED) is 0.389. The van der Waals surface area contributed by atoms with Crippen LogP contribution in [0.1, 0.15) is 32.3 Å². The van der Waals surface area contributed by atoms with E-state index in [2.05, 4.69) is 34.9 Å². The Hall–Kier alpha value is -1.23. The Morgan fingerprint density at radius 2 is 2.06 bits per heavy atom. The molecule has 0 bridgehead atoms. The van der Waals surface area contributed by atoms with Crippen molar-refractivity contribution in [2.24, 2.45) is 10.9 Å². The number of benzene rings is 1. The first kappa shape index (κ1) is 13.8. The lowest BCUT2D eigenvalue weighted by Crippen LogP contribution is -2.31. The van der Waals surface area contributed by atoms with Gasteiger partial charge in [0.15, 0.2) is 11.9 Å². The highest BCUT2D eigenvalue weighted by atomic mass is 79.9. The van der Waals surface area contributed by atoms with Gasteiger partial charge in [-0.1, -0.05) is 34.9 Å². The molecule has 0 radical (unpaired) electrons. The molecule has 0 aromatic heterocycles. The molecular formula is C12H17BrN2O2. The van der Waals surface area contributed by atoms with E-state index < -0.39 is 6.10 Å². The Labute approximate surface area is 110 Å². The van der Waals surface area contributed by atoms with E-state index in [4.69, 9.17) is 15.7 Å². The minimum Gasteiger partial charge on any atom is -0.482 e. The molecule has 0 fully saturated rings. The molecule has 3 N–H and O–H groups in total. The lowest BCUT2D eigenvalue weighted by Gasteiger charge is -2.18. The molecule has 1 aromatic carbocycles.